The molecule has 2 aromatic rings. The molecule has 0 unspecified atom stereocenters. The zero-order valence-electron chi connectivity index (χ0n) is 18.1. The summed E-state index contributed by atoms with van der Waals surface area (Å²) >= 11 is 0. The molecular formula is C25H31NO5. The zero-order chi connectivity index (χ0) is 21.8. The molecule has 1 N–H and O–H groups in total. The molecule has 4 rings (SSSR count). The van der Waals surface area contributed by atoms with Crippen molar-refractivity contribution in [3.63, 3.8) is 0 Å². The molecule has 0 aliphatic carbocycles. The molecule has 5 atom stereocenters. The number of rotatable bonds is 8. The molecule has 0 radical (unpaired) electrons. The lowest BCUT2D eigenvalue weighted by Crippen LogP contribution is -2.61. The number of aliphatic hydroxyl groups excluding tert-OH is 1. The van der Waals surface area contributed by atoms with Gasteiger partial charge in [0, 0.05) is 19.1 Å². The van der Waals surface area contributed by atoms with Crippen molar-refractivity contribution < 1.29 is 24.1 Å². The number of carbonyl (C=O) groups excluding carboxylic acids is 1. The maximum absolute atomic E-state index is 11.3. The van der Waals surface area contributed by atoms with Gasteiger partial charge >= 0.3 is 0 Å². The Kier molecular flexibility index (Phi) is 6.84. The van der Waals surface area contributed by atoms with Gasteiger partial charge in [-0.05, 0) is 31.4 Å². The number of aldehydes is 1. The number of carbonyl (C=O) groups is 1. The van der Waals surface area contributed by atoms with E-state index in [-0.39, 0.29) is 30.8 Å². The van der Waals surface area contributed by atoms with Crippen LogP contribution in [-0.4, -0.2) is 59.1 Å². The lowest BCUT2D eigenvalue weighted by molar-refractivity contribution is -0.166. The van der Waals surface area contributed by atoms with Crippen molar-refractivity contribution >= 4 is 6.29 Å². The Morgan fingerprint density at radius 3 is 2.39 bits per heavy atom. The molecule has 6 heteroatoms. The first-order valence-electron chi connectivity index (χ1n) is 10.9. The van der Waals surface area contributed by atoms with E-state index in [9.17, 15) is 9.90 Å². The number of fused-ring (bicyclic) bond motifs is 1. The lowest BCUT2D eigenvalue weighted by Gasteiger charge is -2.46. The summed E-state index contributed by atoms with van der Waals surface area (Å²) in [7, 11) is 0. The van der Waals surface area contributed by atoms with Crippen LogP contribution in [0.4, 0.5) is 0 Å². The summed E-state index contributed by atoms with van der Waals surface area (Å²) in [5.41, 5.74) is 2.22. The van der Waals surface area contributed by atoms with E-state index in [0.717, 1.165) is 11.1 Å². The van der Waals surface area contributed by atoms with Crippen LogP contribution < -0.4 is 0 Å². The van der Waals surface area contributed by atoms with Gasteiger partial charge in [0.2, 0.25) is 0 Å². The Morgan fingerprint density at radius 2 is 1.74 bits per heavy atom. The molecule has 2 fully saturated rings. The van der Waals surface area contributed by atoms with Crippen LogP contribution in [0, 0.1) is 0 Å². The fourth-order valence-corrected chi connectivity index (χ4v) is 4.63. The van der Waals surface area contributed by atoms with Crippen LogP contribution in [0.1, 0.15) is 31.4 Å². The summed E-state index contributed by atoms with van der Waals surface area (Å²) in [5, 5.41) is 10.2. The quantitative estimate of drug-likeness (QED) is 0.656. The van der Waals surface area contributed by atoms with Gasteiger partial charge in [-0.2, -0.15) is 0 Å². The van der Waals surface area contributed by atoms with Crippen molar-refractivity contribution in [1.29, 1.82) is 0 Å². The molecule has 2 heterocycles. The van der Waals surface area contributed by atoms with Gasteiger partial charge in [0.1, 0.15) is 30.7 Å². The second kappa shape index (κ2) is 9.59. The third-order valence-electron chi connectivity index (χ3n) is 5.96. The summed E-state index contributed by atoms with van der Waals surface area (Å²) in [6.45, 7) is 5.57. The molecule has 2 aromatic carbocycles. The predicted molar refractivity (Wildman–Crippen MR) is 116 cm³/mol. The number of nitrogens with zero attached hydrogens (tertiary/aromatic N) is 1. The van der Waals surface area contributed by atoms with Crippen LogP contribution in [0.15, 0.2) is 60.7 Å². The molecule has 6 nitrogen and oxygen atoms in total. The van der Waals surface area contributed by atoms with Gasteiger partial charge in [0.05, 0.1) is 6.61 Å². The maximum Gasteiger partial charge on any atom is 0.163 e. The molecule has 166 valence electrons. The smallest absolute Gasteiger partial charge is 0.163 e. The molecule has 0 saturated carbocycles. The molecule has 0 spiro atoms. The molecule has 0 bridgehead atoms. The van der Waals surface area contributed by atoms with Crippen LogP contribution in [-0.2, 0) is 32.2 Å². The number of benzene rings is 2. The summed E-state index contributed by atoms with van der Waals surface area (Å²) < 4.78 is 18.9. The molecule has 0 amide bonds. The molecule has 2 aliphatic heterocycles. The van der Waals surface area contributed by atoms with Gasteiger partial charge in [0.25, 0.3) is 0 Å². The zero-order valence-corrected chi connectivity index (χ0v) is 18.1. The highest BCUT2D eigenvalue weighted by molar-refractivity contribution is 5.55. The van der Waals surface area contributed by atoms with E-state index in [0.29, 0.717) is 26.0 Å². The van der Waals surface area contributed by atoms with Crippen molar-refractivity contribution in [3.05, 3.63) is 71.8 Å². The van der Waals surface area contributed by atoms with Gasteiger partial charge in [-0.3, -0.25) is 4.90 Å². The fourth-order valence-electron chi connectivity index (χ4n) is 4.63. The summed E-state index contributed by atoms with van der Waals surface area (Å²) in [6, 6.07) is 20.0. The first-order valence-corrected chi connectivity index (χ1v) is 10.9. The van der Waals surface area contributed by atoms with Crippen LogP contribution in [0.25, 0.3) is 0 Å². The highest BCUT2D eigenvalue weighted by Crippen LogP contribution is 2.38. The predicted octanol–water partition coefficient (Wildman–Crippen LogP) is 2.93. The molecule has 31 heavy (non-hydrogen) atoms. The number of aliphatic hydroxyl groups is 1. The standard InChI is InChI=1S/C25H31NO5/c1-25(2)30-22-15-26(14-18-9-5-3-6-10-18)21(13-20(28)16-27)23(24(22)31-25)29-17-19-11-7-4-8-12-19/h3-12,16,20-24,28H,13-15,17H2,1-2H3/t20-,21+,22-,23+,24+/m0/s1. The lowest BCUT2D eigenvalue weighted by atomic mass is 9.89. The summed E-state index contributed by atoms with van der Waals surface area (Å²) in [4.78, 5) is 13.5. The Bertz CT molecular complexity index is 844. The van der Waals surface area contributed by atoms with E-state index >= 15 is 0 Å². The molecule has 2 aliphatic rings. The Morgan fingerprint density at radius 1 is 1.10 bits per heavy atom. The van der Waals surface area contributed by atoms with Crippen molar-refractivity contribution in [2.24, 2.45) is 0 Å². The van der Waals surface area contributed by atoms with Crippen LogP contribution in [0.3, 0.4) is 0 Å². The average Bonchev–Trinajstić information content (AvgIpc) is 3.08. The topological polar surface area (TPSA) is 68.2 Å². The molecule has 0 aromatic heterocycles. The average molecular weight is 426 g/mol. The van der Waals surface area contributed by atoms with Gasteiger partial charge in [-0.1, -0.05) is 60.7 Å². The summed E-state index contributed by atoms with van der Waals surface area (Å²) in [6.07, 6.45) is -0.949. The normalized spacial score (nSPS) is 28.7. The van der Waals surface area contributed by atoms with Crippen LogP contribution in [0.5, 0.6) is 0 Å². The number of likely N-dealkylation sites (tertiary alicyclic amines) is 1. The van der Waals surface area contributed by atoms with Crippen molar-refractivity contribution in [2.75, 3.05) is 6.54 Å². The van der Waals surface area contributed by atoms with E-state index in [1.807, 2.05) is 62.4 Å². The fraction of sp³-hybridized carbons (Fsp3) is 0.480. The van der Waals surface area contributed by atoms with E-state index in [1.54, 1.807) is 0 Å². The number of hydrogen-bond acceptors (Lipinski definition) is 6. The SMILES string of the molecule is CC1(C)O[C@H]2[C@H](OCc3ccccc3)[C@@H](C[C@H](O)C=O)N(Cc3ccccc3)C[C@@H]2O1. The second-order valence-corrected chi connectivity index (χ2v) is 8.82. The second-order valence-electron chi connectivity index (χ2n) is 8.82. The number of ether oxygens (including phenoxy) is 3. The minimum atomic E-state index is -1.06. The van der Waals surface area contributed by atoms with E-state index in [1.165, 1.54) is 0 Å². The Hall–Kier alpha value is -2.09. The Labute approximate surface area is 183 Å². The van der Waals surface area contributed by atoms with Crippen molar-refractivity contribution in [1.82, 2.24) is 4.90 Å². The number of hydrogen-bond donors (Lipinski definition) is 1. The van der Waals surface area contributed by atoms with Gasteiger partial charge in [0.15, 0.2) is 5.79 Å². The van der Waals surface area contributed by atoms with Crippen LogP contribution >= 0.6 is 0 Å². The van der Waals surface area contributed by atoms with Gasteiger partial charge in [-0.25, -0.2) is 0 Å². The van der Waals surface area contributed by atoms with Crippen LogP contribution in [0.2, 0.25) is 0 Å². The molecule has 2 saturated heterocycles. The van der Waals surface area contributed by atoms with Gasteiger partial charge < -0.3 is 24.1 Å². The highest BCUT2D eigenvalue weighted by Gasteiger charge is 2.53. The third kappa shape index (κ3) is 5.40. The molecular weight excluding hydrogens is 394 g/mol. The van der Waals surface area contributed by atoms with Crippen molar-refractivity contribution in [3.8, 4) is 0 Å². The van der Waals surface area contributed by atoms with E-state index in [2.05, 4.69) is 17.0 Å². The Balaban J connectivity index is 1.61. The van der Waals surface area contributed by atoms with Gasteiger partial charge in [-0.15, -0.1) is 0 Å². The minimum Gasteiger partial charge on any atom is -0.386 e. The first-order chi connectivity index (χ1) is 14.9. The monoisotopic (exact) mass is 425 g/mol. The highest BCUT2D eigenvalue weighted by atomic mass is 16.8. The third-order valence-corrected chi connectivity index (χ3v) is 5.96. The summed E-state index contributed by atoms with van der Waals surface area (Å²) in [5.74, 6) is -0.708. The maximum atomic E-state index is 11.3. The van der Waals surface area contributed by atoms with Crippen molar-refractivity contribution in [2.45, 2.75) is 69.7 Å². The largest absolute Gasteiger partial charge is 0.386 e. The number of piperidine rings is 1. The minimum absolute atomic E-state index is 0.149. The first kappa shape index (κ1) is 22.1. The van der Waals surface area contributed by atoms with E-state index in [4.69, 9.17) is 14.2 Å². The van der Waals surface area contributed by atoms with E-state index < -0.39 is 11.9 Å².